The van der Waals surface area contributed by atoms with Crippen LogP contribution in [0.3, 0.4) is 0 Å². The van der Waals surface area contributed by atoms with Gasteiger partial charge in [-0.05, 0) is 18.2 Å². The molecule has 3 aromatic rings. The molecule has 0 radical (unpaired) electrons. The number of hydrogen-bond acceptors (Lipinski definition) is 5. The summed E-state index contributed by atoms with van der Waals surface area (Å²) in [5.74, 6) is 0.415. The molecule has 2 N–H and O–H groups in total. The van der Waals surface area contributed by atoms with Crippen LogP contribution < -0.4 is 10.6 Å². The van der Waals surface area contributed by atoms with E-state index in [1.807, 2.05) is 49.3 Å². The number of nitrogens with zero attached hydrogens (tertiary/aromatic N) is 3. The summed E-state index contributed by atoms with van der Waals surface area (Å²) in [6.07, 6.45) is 4.90. The summed E-state index contributed by atoms with van der Waals surface area (Å²) in [6.45, 7) is 0. The number of aromatic nitrogens is 2. The second-order valence-corrected chi connectivity index (χ2v) is 4.95. The first-order chi connectivity index (χ1) is 10.1. The van der Waals surface area contributed by atoms with E-state index < -0.39 is 0 Å². The van der Waals surface area contributed by atoms with Crippen LogP contribution in [0.1, 0.15) is 0 Å². The van der Waals surface area contributed by atoms with Crippen molar-refractivity contribution < 1.29 is 4.42 Å². The van der Waals surface area contributed by atoms with Crippen LogP contribution in [0.25, 0.3) is 22.5 Å². The Labute approximate surface area is 123 Å². The lowest BCUT2D eigenvalue weighted by Gasteiger charge is -2.14. The van der Waals surface area contributed by atoms with Crippen LogP contribution in [-0.2, 0) is 0 Å². The highest BCUT2D eigenvalue weighted by Gasteiger charge is 2.10. The average Bonchev–Trinajstić information content (AvgIpc) is 3.02. The fraction of sp³-hybridized carbons (Fsp3) is 0.125. The minimum Gasteiger partial charge on any atom is -0.472 e. The SMILES string of the molecule is CN(C)c1cccc(-c2nc(-c3ccoc3)cnc2N)c1. The van der Waals surface area contributed by atoms with Gasteiger partial charge in [0.2, 0.25) is 0 Å². The van der Waals surface area contributed by atoms with E-state index in [1.54, 1.807) is 18.7 Å². The van der Waals surface area contributed by atoms with Gasteiger partial charge in [-0.3, -0.25) is 0 Å². The van der Waals surface area contributed by atoms with E-state index in [2.05, 4.69) is 9.97 Å². The summed E-state index contributed by atoms with van der Waals surface area (Å²) in [7, 11) is 3.99. The predicted octanol–water partition coefficient (Wildman–Crippen LogP) is 3.05. The largest absolute Gasteiger partial charge is 0.472 e. The monoisotopic (exact) mass is 280 g/mol. The van der Waals surface area contributed by atoms with E-state index in [1.165, 1.54) is 0 Å². The summed E-state index contributed by atoms with van der Waals surface area (Å²) in [4.78, 5) is 10.9. The molecule has 0 aliphatic rings. The lowest BCUT2D eigenvalue weighted by molar-refractivity contribution is 0.568. The van der Waals surface area contributed by atoms with Crippen molar-refractivity contribution in [3.8, 4) is 22.5 Å². The molecule has 0 fully saturated rings. The van der Waals surface area contributed by atoms with Crippen LogP contribution in [-0.4, -0.2) is 24.1 Å². The van der Waals surface area contributed by atoms with Crippen molar-refractivity contribution in [2.75, 3.05) is 24.7 Å². The van der Waals surface area contributed by atoms with Crippen molar-refractivity contribution in [1.29, 1.82) is 0 Å². The standard InChI is InChI=1S/C16H16N4O/c1-20(2)13-5-3-4-11(8-13)15-16(17)18-9-14(19-15)12-6-7-21-10-12/h3-10H,1-2H3,(H2,17,18). The number of nitrogens with two attached hydrogens (primary N) is 1. The molecule has 106 valence electrons. The predicted molar refractivity (Wildman–Crippen MR) is 83.9 cm³/mol. The highest BCUT2D eigenvalue weighted by Crippen LogP contribution is 2.28. The molecule has 5 nitrogen and oxygen atoms in total. The average molecular weight is 280 g/mol. The number of hydrogen-bond donors (Lipinski definition) is 1. The van der Waals surface area contributed by atoms with E-state index in [-0.39, 0.29) is 0 Å². The Kier molecular flexibility index (Phi) is 3.31. The Morgan fingerprint density at radius 2 is 2.00 bits per heavy atom. The fourth-order valence-electron chi connectivity index (χ4n) is 2.09. The number of rotatable bonds is 3. The van der Waals surface area contributed by atoms with Gasteiger partial charge in [-0.25, -0.2) is 9.97 Å². The summed E-state index contributed by atoms with van der Waals surface area (Å²) >= 11 is 0. The fourth-order valence-corrected chi connectivity index (χ4v) is 2.09. The van der Waals surface area contributed by atoms with Gasteiger partial charge >= 0.3 is 0 Å². The quantitative estimate of drug-likeness (QED) is 0.798. The van der Waals surface area contributed by atoms with Gasteiger partial charge in [0, 0.05) is 30.9 Å². The maximum absolute atomic E-state index is 5.99. The third-order valence-corrected chi connectivity index (χ3v) is 3.25. The van der Waals surface area contributed by atoms with E-state index in [0.717, 1.165) is 22.5 Å². The van der Waals surface area contributed by atoms with Gasteiger partial charge in [-0.15, -0.1) is 0 Å². The molecule has 0 aliphatic carbocycles. The first kappa shape index (κ1) is 13.2. The molecule has 1 aromatic carbocycles. The van der Waals surface area contributed by atoms with Gasteiger partial charge in [0.05, 0.1) is 24.4 Å². The summed E-state index contributed by atoms with van der Waals surface area (Å²) in [5.41, 5.74) is 10.3. The van der Waals surface area contributed by atoms with E-state index in [9.17, 15) is 0 Å². The minimum absolute atomic E-state index is 0.415. The molecule has 0 spiro atoms. The van der Waals surface area contributed by atoms with Crippen LogP contribution in [0.2, 0.25) is 0 Å². The number of benzene rings is 1. The van der Waals surface area contributed by atoms with Crippen LogP contribution >= 0.6 is 0 Å². The minimum atomic E-state index is 0.415. The van der Waals surface area contributed by atoms with Gasteiger partial charge in [-0.2, -0.15) is 0 Å². The van der Waals surface area contributed by atoms with Crippen LogP contribution in [0.4, 0.5) is 11.5 Å². The molecule has 0 aliphatic heterocycles. The van der Waals surface area contributed by atoms with Crippen LogP contribution in [0, 0.1) is 0 Å². The molecule has 0 bridgehead atoms. The van der Waals surface area contributed by atoms with E-state index in [0.29, 0.717) is 11.5 Å². The number of nitrogen functional groups attached to an aromatic ring is 1. The van der Waals surface area contributed by atoms with Crippen molar-refractivity contribution in [3.63, 3.8) is 0 Å². The molecule has 0 unspecified atom stereocenters. The second-order valence-electron chi connectivity index (χ2n) is 4.95. The Morgan fingerprint density at radius 1 is 1.14 bits per heavy atom. The topological polar surface area (TPSA) is 68.2 Å². The highest BCUT2D eigenvalue weighted by molar-refractivity contribution is 5.75. The zero-order chi connectivity index (χ0) is 14.8. The normalized spacial score (nSPS) is 10.6. The lowest BCUT2D eigenvalue weighted by Crippen LogP contribution is -2.08. The van der Waals surface area contributed by atoms with Gasteiger partial charge in [0.1, 0.15) is 11.5 Å². The molecular weight excluding hydrogens is 264 g/mol. The smallest absolute Gasteiger partial charge is 0.150 e. The first-order valence-corrected chi connectivity index (χ1v) is 6.58. The second kappa shape index (κ2) is 5.28. The molecule has 3 rings (SSSR count). The van der Waals surface area contributed by atoms with Crippen molar-refractivity contribution in [2.45, 2.75) is 0 Å². The Morgan fingerprint density at radius 3 is 2.71 bits per heavy atom. The third kappa shape index (κ3) is 2.58. The van der Waals surface area contributed by atoms with Crippen molar-refractivity contribution >= 4 is 11.5 Å². The zero-order valence-electron chi connectivity index (χ0n) is 11.9. The lowest BCUT2D eigenvalue weighted by atomic mass is 10.1. The Balaban J connectivity index is 2.09. The maximum Gasteiger partial charge on any atom is 0.150 e. The summed E-state index contributed by atoms with van der Waals surface area (Å²) in [5, 5.41) is 0. The summed E-state index contributed by atoms with van der Waals surface area (Å²) in [6, 6.07) is 9.88. The van der Waals surface area contributed by atoms with Gasteiger partial charge in [0.15, 0.2) is 0 Å². The molecule has 5 heteroatoms. The van der Waals surface area contributed by atoms with Gasteiger partial charge in [0.25, 0.3) is 0 Å². The molecular formula is C16H16N4O. The van der Waals surface area contributed by atoms with Gasteiger partial charge < -0.3 is 15.1 Å². The van der Waals surface area contributed by atoms with Crippen molar-refractivity contribution in [3.05, 3.63) is 49.1 Å². The Bertz CT molecular complexity index is 751. The summed E-state index contributed by atoms with van der Waals surface area (Å²) < 4.78 is 5.09. The molecule has 0 atom stereocenters. The molecule has 21 heavy (non-hydrogen) atoms. The van der Waals surface area contributed by atoms with Crippen LogP contribution in [0.5, 0.6) is 0 Å². The van der Waals surface area contributed by atoms with E-state index in [4.69, 9.17) is 10.2 Å². The molecule has 2 heterocycles. The maximum atomic E-state index is 5.99. The number of anilines is 2. The first-order valence-electron chi connectivity index (χ1n) is 6.58. The molecule has 0 amide bonds. The van der Waals surface area contributed by atoms with Crippen LogP contribution in [0.15, 0.2) is 53.5 Å². The third-order valence-electron chi connectivity index (χ3n) is 3.25. The number of furan rings is 1. The zero-order valence-corrected chi connectivity index (χ0v) is 11.9. The van der Waals surface area contributed by atoms with Crippen molar-refractivity contribution in [1.82, 2.24) is 9.97 Å². The molecule has 2 aromatic heterocycles. The van der Waals surface area contributed by atoms with Gasteiger partial charge in [-0.1, -0.05) is 12.1 Å². The van der Waals surface area contributed by atoms with E-state index >= 15 is 0 Å². The molecule has 0 saturated carbocycles. The Hall–Kier alpha value is -2.82. The van der Waals surface area contributed by atoms with Crippen molar-refractivity contribution in [2.24, 2.45) is 0 Å². The highest BCUT2D eigenvalue weighted by atomic mass is 16.3. The molecule has 0 saturated heterocycles.